The van der Waals surface area contributed by atoms with Gasteiger partial charge in [-0.15, -0.1) is 0 Å². The first kappa shape index (κ1) is 14.2. The van der Waals surface area contributed by atoms with Crippen molar-refractivity contribution >= 4 is 0 Å². The molecule has 1 saturated carbocycles. The summed E-state index contributed by atoms with van der Waals surface area (Å²) in [4.78, 5) is 0. The molecule has 0 unspecified atom stereocenters. The molecule has 0 radical (unpaired) electrons. The fourth-order valence-electron chi connectivity index (χ4n) is 2.66. The highest BCUT2D eigenvalue weighted by molar-refractivity contribution is 5.30. The van der Waals surface area contributed by atoms with Crippen molar-refractivity contribution in [3.63, 3.8) is 0 Å². The molecule has 1 N–H and O–H groups in total. The van der Waals surface area contributed by atoms with Crippen LogP contribution in [0.25, 0.3) is 0 Å². The second kappa shape index (κ2) is 6.31. The van der Waals surface area contributed by atoms with E-state index < -0.39 is 0 Å². The van der Waals surface area contributed by atoms with E-state index in [4.69, 9.17) is 4.74 Å². The van der Waals surface area contributed by atoms with Crippen LogP contribution in [-0.4, -0.2) is 7.11 Å². The highest BCUT2D eigenvalue weighted by atomic mass is 16.5. The van der Waals surface area contributed by atoms with E-state index >= 15 is 0 Å². The molecule has 2 aromatic carbocycles. The molecule has 1 fully saturated rings. The van der Waals surface area contributed by atoms with Gasteiger partial charge >= 0.3 is 0 Å². The van der Waals surface area contributed by atoms with Crippen molar-refractivity contribution in [2.24, 2.45) is 0 Å². The number of nitrogens with one attached hydrogen (secondary N) is 1. The fourth-order valence-corrected chi connectivity index (χ4v) is 2.66. The van der Waals surface area contributed by atoms with Gasteiger partial charge in [-0.25, -0.2) is 0 Å². The Labute approximate surface area is 127 Å². The van der Waals surface area contributed by atoms with Crippen molar-refractivity contribution < 1.29 is 4.74 Å². The zero-order valence-corrected chi connectivity index (χ0v) is 12.8. The van der Waals surface area contributed by atoms with Crippen molar-refractivity contribution in [1.82, 2.24) is 5.32 Å². The van der Waals surface area contributed by atoms with Crippen LogP contribution in [-0.2, 0) is 6.54 Å². The number of rotatable bonds is 6. The van der Waals surface area contributed by atoms with Gasteiger partial charge in [-0.2, -0.15) is 0 Å². The molecule has 0 heterocycles. The Bertz CT molecular complexity index is 587. The number of ether oxygens (including phenoxy) is 1. The van der Waals surface area contributed by atoms with Gasteiger partial charge < -0.3 is 10.1 Å². The number of hydrogen-bond donors (Lipinski definition) is 1. The zero-order chi connectivity index (χ0) is 14.7. The molecule has 0 amide bonds. The molecular formula is C19H23NO. The van der Waals surface area contributed by atoms with E-state index in [1.807, 2.05) is 12.1 Å². The molecule has 0 bridgehead atoms. The molecule has 1 atom stereocenters. The molecule has 2 nitrogen and oxygen atoms in total. The van der Waals surface area contributed by atoms with Gasteiger partial charge in [0.05, 0.1) is 7.11 Å². The predicted molar refractivity (Wildman–Crippen MR) is 86.7 cm³/mol. The smallest absolute Gasteiger partial charge is 0.118 e. The van der Waals surface area contributed by atoms with E-state index in [9.17, 15) is 0 Å². The van der Waals surface area contributed by atoms with Crippen LogP contribution in [0.15, 0.2) is 48.5 Å². The molecule has 1 aliphatic carbocycles. The third-order valence-electron chi connectivity index (χ3n) is 4.23. The van der Waals surface area contributed by atoms with Gasteiger partial charge in [0.15, 0.2) is 0 Å². The molecule has 1 aliphatic rings. The minimum absolute atomic E-state index is 0.334. The van der Waals surface area contributed by atoms with Crippen LogP contribution in [0, 0.1) is 0 Å². The van der Waals surface area contributed by atoms with Gasteiger partial charge in [0, 0.05) is 12.6 Å². The minimum atomic E-state index is 0.334. The molecule has 21 heavy (non-hydrogen) atoms. The first-order valence-electron chi connectivity index (χ1n) is 7.72. The summed E-state index contributed by atoms with van der Waals surface area (Å²) in [5.41, 5.74) is 4.17. The number of hydrogen-bond acceptors (Lipinski definition) is 2. The lowest BCUT2D eigenvalue weighted by molar-refractivity contribution is 0.414. The normalized spacial score (nSPS) is 15.7. The van der Waals surface area contributed by atoms with E-state index in [-0.39, 0.29) is 0 Å². The second-order valence-corrected chi connectivity index (χ2v) is 5.90. The van der Waals surface area contributed by atoms with Crippen LogP contribution in [0.4, 0.5) is 0 Å². The van der Waals surface area contributed by atoms with Crippen molar-refractivity contribution in [2.75, 3.05) is 7.11 Å². The van der Waals surface area contributed by atoms with Crippen LogP contribution in [0.5, 0.6) is 5.75 Å². The highest BCUT2D eigenvalue weighted by Gasteiger charge is 2.23. The standard InChI is InChI=1S/C19H23NO/c1-14(16-8-10-19(21-2)11-9-16)20-13-15-4-3-5-18(12-15)17-6-7-17/h3-5,8-12,14,17,20H,6-7,13H2,1-2H3/t14-/m1/s1. The van der Waals surface area contributed by atoms with Gasteiger partial charge in [0.25, 0.3) is 0 Å². The van der Waals surface area contributed by atoms with E-state index in [0.29, 0.717) is 6.04 Å². The molecule has 0 aromatic heterocycles. The minimum Gasteiger partial charge on any atom is -0.497 e. The molecule has 0 aliphatic heterocycles. The molecule has 0 spiro atoms. The van der Waals surface area contributed by atoms with Crippen LogP contribution in [0.2, 0.25) is 0 Å². The summed E-state index contributed by atoms with van der Waals surface area (Å²) in [6.45, 7) is 3.11. The van der Waals surface area contributed by atoms with Crippen LogP contribution in [0.3, 0.4) is 0 Å². The predicted octanol–water partition coefficient (Wildman–Crippen LogP) is 4.42. The quantitative estimate of drug-likeness (QED) is 0.846. The third-order valence-corrected chi connectivity index (χ3v) is 4.23. The average Bonchev–Trinajstić information content (AvgIpc) is 3.38. The first-order chi connectivity index (χ1) is 10.3. The summed E-state index contributed by atoms with van der Waals surface area (Å²) >= 11 is 0. The van der Waals surface area contributed by atoms with Gasteiger partial charge in [0.1, 0.15) is 5.75 Å². The SMILES string of the molecule is COc1ccc([C@@H](C)NCc2cccc(C3CC3)c2)cc1. The summed E-state index contributed by atoms with van der Waals surface area (Å²) < 4.78 is 5.20. The maximum absolute atomic E-state index is 5.20. The first-order valence-corrected chi connectivity index (χ1v) is 7.72. The topological polar surface area (TPSA) is 21.3 Å². The van der Waals surface area contributed by atoms with Crippen molar-refractivity contribution in [3.8, 4) is 5.75 Å². The maximum Gasteiger partial charge on any atom is 0.118 e. The Balaban J connectivity index is 1.59. The summed E-state index contributed by atoms with van der Waals surface area (Å²) in [6, 6.07) is 17.6. The van der Waals surface area contributed by atoms with E-state index in [1.54, 1.807) is 7.11 Å². The molecule has 2 heteroatoms. The average molecular weight is 281 g/mol. The fraction of sp³-hybridized carbons (Fsp3) is 0.368. The Kier molecular flexibility index (Phi) is 4.26. The summed E-state index contributed by atoms with van der Waals surface area (Å²) in [7, 11) is 1.70. The Morgan fingerprint density at radius 2 is 1.90 bits per heavy atom. The molecule has 3 rings (SSSR count). The van der Waals surface area contributed by atoms with Gasteiger partial charge in [-0.05, 0) is 54.5 Å². The van der Waals surface area contributed by atoms with Crippen molar-refractivity contribution in [1.29, 1.82) is 0 Å². The monoisotopic (exact) mass is 281 g/mol. The van der Waals surface area contributed by atoms with Crippen LogP contribution < -0.4 is 10.1 Å². The maximum atomic E-state index is 5.20. The summed E-state index contributed by atoms with van der Waals surface area (Å²) in [5, 5.41) is 3.60. The van der Waals surface area contributed by atoms with Crippen LogP contribution >= 0.6 is 0 Å². The molecule has 0 saturated heterocycles. The van der Waals surface area contributed by atoms with E-state index in [2.05, 4.69) is 48.6 Å². The molecular weight excluding hydrogens is 258 g/mol. The lowest BCUT2D eigenvalue weighted by Crippen LogP contribution is -2.18. The number of methoxy groups -OCH3 is 1. The zero-order valence-electron chi connectivity index (χ0n) is 12.8. The third kappa shape index (κ3) is 3.64. The Morgan fingerprint density at radius 3 is 2.57 bits per heavy atom. The van der Waals surface area contributed by atoms with Crippen LogP contribution in [0.1, 0.15) is 48.4 Å². The Morgan fingerprint density at radius 1 is 1.14 bits per heavy atom. The van der Waals surface area contributed by atoms with Gasteiger partial charge in [-0.1, -0.05) is 36.4 Å². The molecule has 110 valence electrons. The lowest BCUT2D eigenvalue weighted by Gasteiger charge is -2.15. The van der Waals surface area contributed by atoms with Crippen molar-refractivity contribution in [2.45, 2.75) is 38.3 Å². The molecule has 2 aromatic rings. The number of benzene rings is 2. The van der Waals surface area contributed by atoms with E-state index in [1.165, 1.54) is 29.5 Å². The summed E-state index contributed by atoms with van der Waals surface area (Å²) in [5.74, 6) is 1.73. The second-order valence-electron chi connectivity index (χ2n) is 5.90. The largest absolute Gasteiger partial charge is 0.497 e. The van der Waals surface area contributed by atoms with Gasteiger partial charge in [0.2, 0.25) is 0 Å². The highest BCUT2D eigenvalue weighted by Crippen LogP contribution is 2.40. The lowest BCUT2D eigenvalue weighted by atomic mass is 10.1. The van der Waals surface area contributed by atoms with Gasteiger partial charge in [-0.3, -0.25) is 0 Å². The Hall–Kier alpha value is -1.80. The van der Waals surface area contributed by atoms with Crippen molar-refractivity contribution in [3.05, 3.63) is 65.2 Å². The van der Waals surface area contributed by atoms with E-state index in [0.717, 1.165) is 18.2 Å². The summed E-state index contributed by atoms with van der Waals surface area (Å²) in [6.07, 6.45) is 2.72.